The molecule has 1 heterocycles. The van der Waals surface area contributed by atoms with Crippen LogP contribution in [0.3, 0.4) is 0 Å². The predicted molar refractivity (Wildman–Crippen MR) is 68.7 cm³/mol. The first-order valence-corrected chi connectivity index (χ1v) is 5.38. The van der Waals surface area contributed by atoms with Gasteiger partial charge < -0.3 is 4.90 Å². The molecule has 2 heteroatoms. The zero-order valence-electron chi connectivity index (χ0n) is 9.94. The van der Waals surface area contributed by atoms with Crippen molar-refractivity contribution in [2.75, 3.05) is 19.0 Å². The fraction of sp³-hybridized carbons (Fsp3) is 0.214. The van der Waals surface area contributed by atoms with Crippen LogP contribution in [0.25, 0.3) is 11.1 Å². The Hall–Kier alpha value is -1.83. The van der Waals surface area contributed by atoms with Crippen LogP contribution >= 0.6 is 0 Å². The van der Waals surface area contributed by atoms with Gasteiger partial charge in [-0.15, -0.1) is 0 Å². The lowest BCUT2D eigenvalue weighted by molar-refractivity contribution is 1.07. The van der Waals surface area contributed by atoms with Crippen molar-refractivity contribution in [1.29, 1.82) is 0 Å². The summed E-state index contributed by atoms with van der Waals surface area (Å²) in [6.45, 7) is 2.12. The summed E-state index contributed by atoms with van der Waals surface area (Å²) >= 11 is 0. The van der Waals surface area contributed by atoms with E-state index in [-0.39, 0.29) is 0 Å². The van der Waals surface area contributed by atoms with Gasteiger partial charge in [-0.1, -0.05) is 24.3 Å². The van der Waals surface area contributed by atoms with Gasteiger partial charge in [0.05, 0.1) is 0 Å². The van der Waals surface area contributed by atoms with Gasteiger partial charge >= 0.3 is 0 Å². The Labute approximate surface area is 96.6 Å². The van der Waals surface area contributed by atoms with Crippen LogP contribution < -0.4 is 4.90 Å². The summed E-state index contributed by atoms with van der Waals surface area (Å²) in [6.07, 6.45) is 1.93. The molecule has 0 aliphatic carbocycles. The average Bonchev–Trinajstić information content (AvgIpc) is 2.30. The Morgan fingerprint density at radius 2 is 1.75 bits per heavy atom. The van der Waals surface area contributed by atoms with Crippen molar-refractivity contribution in [2.45, 2.75) is 6.92 Å². The third kappa shape index (κ3) is 2.06. The maximum absolute atomic E-state index is 4.42. The molecule has 0 aliphatic rings. The van der Waals surface area contributed by atoms with E-state index in [0.29, 0.717) is 0 Å². The summed E-state index contributed by atoms with van der Waals surface area (Å²) in [7, 11) is 3.99. The smallest absolute Gasteiger partial charge is 0.127 e. The number of hydrogen-bond acceptors (Lipinski definition) is 2. The number of hydrogen-bond donors (Lipinski definition) is 0. The molecule has 0 amide bonds. The summed E-state index contributed by atoms with van der Waals surface area (Å²) in [5.74, 6) is 0.984. The first kappa shape index (κ1) is 10.7. The molecule has 0 spiro atoms. The Bertz CT molecular complexity index is 472. The number of aryl methyl sites for hydroxylation is 1. The van der Waals surface area contributed by atoms with Gasteiger partial charge in [-0.3, -0.25) is 0 Å². The number of anilines is 1. The Morgan fingerprint density at radius 1 is 1.00 bits per heavy atom. The highest BCUT2D eigenvalue weighted by Crippen LogP contribution is 2.23. The number of aromatic nitrogens is 1. The van der Waals surface area contributed by atoms with E-state index in [2.05, 4.69) is 42.2 Å². The van der Waals surface area contributed by atoms with E-state index in [4.69, 9.17) is 0 Å². The summed E-state index contributed by atoms with van der Waals surface area (Å²) in [5.41, 5.74) is 3.70. The maximum atomic E-state index is 4.42. The van der Waals surface area contributed by atoms with Crippen molar-refractivity contribution in [1.82, 2.24) is 4.98 Å². The monoisotopic (exact) mass is 212 g/mol. The highest BCUT2D eigenvalue weighted by atomic mass is 15.1. The third-order valence-electron chi connectivity index (χ3n) is 2.66. The van der Waals surface area contributed by atoms with E-state index >= 15 is 0 Å². The van der Waals surface area contributed by atoms with Gasteiger partial charge in [0.25, 0.3) is 0 Å². The lowest BCUT2D eigenvalue weighted by atomic mass is 10.0. The molecule has 1 aromatic heterocycles. The van der Waals surface area contributed by atoms with Gasteiger partial charge in [0.1, 0.15) is 5.82 Å². The Kier molecular flexibility index (Phi) is 2.91. The van der Waals surface area contributed by atoms with Gasteiger partial charge in [-0.25, -0.2) is 4.98 Å². The molecule has 0 saturated carbocycles. The number of pyridine rings is 1. The quantitative estimate of drug-likeness (QED) is 0.760. The largest absolute Gasteiger partial charge is 0.363 e. The van der Waals surface area contributed by atoms with Crippen molar-refractivity contribution < 1.29 is 0 Å². The Morgan fingerprint density at radius 3 is 2.31 bits per heavy atom. The fourth-order valence-corrected chi connectivity index (χ4v) is 1.71. The van der Waals surface area contributed by atoms with Gasteiger partial charge in [0.15, 0.2) is 0 Å². The van der Waals surface area contributed by atoms with Crippen LogP contribution in [0.1, 0.15) is 5.56 Å². The standard InChI is InChI=1S/C14H16N2/c1-11-6-4-5-7-13(11)12-8-9-14(15-10-12)16(2)3/h4-10H,1-3H3. The second-order valence-corrected chi connectivity index (χ2v) is 4.11. The summed E-state index contributed by atoms with van der Waals surface area (Å²) in [6, 6.07) is 12.5. The van der Waals surface area contributed by atoms with Gasteiger partial charge in [-0.2, -0.15) is 0 Å². The minimum atomic E-state index is 0.984. The second kappa shape index (κ2) is 4.35. The summed E-state index contributed by atoms with van der Waals surface area (Å²) in [4.78, 5) is 6.42. The Balaban J connectivity index is 2.39. The molecule has 0 unspecified atom stereocenters. The SMILES string of the molecule is Cc1ccccc1-c1ccc(N(C)C)nc1. The highest BCUT2D eigenvalue weighted by Gasteiger charge is 2.02. The molecule has 0 N–H and O–H groups in total. The van der Waals surface area contributed by atoms with Crippen molar-refractivity contribution >= 4 is 5.82 Å². The molecule has 0 bridgehead atoms. The molecule has 0 radical (unpaired) electrons. The molecule has 2 rings (SSSR count). The van der Waals surface area contributed by atoms with Crippen molar-refractivity contribution in [3.8, 4) is 11.1 Å². The van der Waals surface area contributed by atoms with Crippen molar-refractivity contribution in [3.05, 3.63) is 48.2 Å². The first-order valence-electron chi connectivity index (χ1n) is 5.38. The number of nitrogens with zero attached hydrogens (tertiary/aromatic N) is 2. The van der Waals surface area contributed by atoms with E-state index < -0.39 is 0 Å². The number of benzene rings is 1. The summed E-state index contributed by atoms with van der Waals surface area (Å²) in [5, 5.41) is 0. The van der Waals surface area contributed by atoms with Crippen LogP contribution in [0.15, 0.2) is 42.6 Å². The molecule has 82 valence electrons. The predicted octanol–water partition coefficient (Wildman–Crippen LogP) is 3.12. The molecule has 16 heavy (non-hydrogen) atoms. The molecule has 2 aromatic rings. The van der Waals surface area contributed by atoms with Crippen LogP contribution in [0.2, 0.25) is 0 Å². The first-order chi connectivity index (χ1) is 7.68. The zero-order valence-corrected chi connectivity index (χ0v) is 9.94. The van der Waals surface area contributed by atoms with E-state index in [1.165, 1.54) is 16.7 Å². The molecular weight excluding hydrogens is 196 g/mol. The van der Waals surface area contributed by atoms with Crippen LogP contribution in [0, 0.1) is 6.92 Å². The lowest BCUT2D eigenvalue weighted by Crippen LogP contribution is -2.10. The van der Waals surface area contributed by atoms with Crippen LogP contribution in [0.4, 0.5) is 5.82 Å². The molecule has 2 nitrogen and oxygen atoms in total. The molecule has 0 fully saturated rings. The molecule has 0 saturated heterocycles. The number of rotatable bonds is 2. The molecule has 0 aliphatic heterocycles. The van der Waals surface area contributed by atoms with Crippen LogP contribution in [-0.2, 0) is 0 Å². The molecule has 0 atom stereocenters. The lowest BCUT2D eigenvalue weighted by Gasteiger charge is -2.12. The fourth-order valence-electron chi connectivity index (χ4n) is 1.71. The van der Waals surface area contributed by atoms with Gasteiger partial charge in [-0.05, 0) is 30.2 Å². The minimum absolute atomic E-state index is 0.984. The molecular formula is C14H16N2. The maximum Gasteiger partial charge on any atom is 0.127 e. The van der Waals surface area contributed by atoms with Crippen LogP contribution in [-0.4, -0.2) is 19.1 Å². The molecule has 1 aromatic carbocycles. The zero-order chi connectivity index (χ0) is 11.5. The van der Waals surface area contributed by atoms with Gasteiger partial charge in [0.2, 0.25) is 0 Å². The van der Waals surface area contributed by atoms with E-state index in [1.54, 1.807) is 0 Å². The van der Waals surface area contributed by atoms with Crippen LogP contribution in [0.5, 0.6) is 0 Å². The normalized spacial score (nSPS) is 10.2. The third-order valence-corrected chi connectivity index (χ3v) is 2.66. The van der Waals surface area contributed by atoms with E-state index in [9.17, 15) is 0 Å². The van der Waals surface area contributed by atoms with Crippen molar-refractivity contribution in [3.63, 3.8) is 0 Å². The highest BCUT2D eigenvalue weighted by molar-refractivity contribution is 5.67. The van der Waals surface area contributed by atoms with E-state index in [1.807, 2.05) is 31.3 Å². The second-order valence-electron chi connectivity index (χ2n) is 4.11. The van der Waals surface area contributed by atoms with Crippen molar-refractivity contribution in [2.24, 2.45) is 0 Å². The topological polar surface area (TPSA) is 16.1 Å². The average molecular weight is 212 g/mol. The van der Waals surface area contributed by atoms with E-state index in [0.717, 1.165) is 5.82 Å². The summed E-state index contributed by atoms with van der Waals surface area (Å²) < 4.78 is 0. The van der Waals surface area contributed by atoms with Gasteiger partial charge in [0, 0.05) is 25.9 Å². The minimum Gasteiger partial charge on any atom is -0.363 e.